The van der Waals surface area contributed by atoms with Crippen molar-refractivity contribution in [3.05, 3.63) is 29.1 Å². The van der Waals surface area contributed by atoms with E-state index in [1.54, 1.807) is 17.8 Å². The largest absolute Gasteiger partial charge is 0.497 e. The van der Waals surface area contributed by atoms with Crippen molar-refractivity contribution in [1.29, 1.82) is 0 Å². The van der Waals surface area contributed by atoms with Gasteiger partial charge in [-0.3, -0.25) is 4.79 Å². The number of ketones is 1. The van der Waals surface area contributed by atoms with Crippen molar-refractivity contribution in [2.24, 2.45) is 5.92 Å². The molecule has 1 unspecified atom stereocenters. The molecule has 0 N–H and O–H groups in total. The van der Waals surface area contributed by atoms with E-state index < -0.39 is 0 Å². The van der Waals surface area contributed by atoms with Crippen LogP contribution in [0, 0.1) is 11.7 Å². The van der Waals surface area contributed by atoms with Gasteiger partial charge in [-0.2, -0.15) is 11.8 Å². The quantitative estimate of drug-likeness (QED) is 0.755. The number of carbonyl (C=O) groups is 1. The Morgan fingerprint density at radius 1 is 1.50 bits per heavy atom. The second-order valence-electron chi connectivity index (χ2n) is 3.92. The molecule has 0 amide bonds. The Morgan fingerprint density at radius 2 is 2.25 bits per heavy atom. The van der Waals surface area contributed by atoms with Crippen LogP contribution in [0.1, 0.15) is 22.8 Å². The molecule has 1 heterocycles. The van der Waals surface area contributed by atoms with E-state index in [-0.39, 0.29) is 17.5 Å². The van der Waals surface area contributed by atoms with E-state index in [4.69, 9.17) is 4.74 Å². The summed E-state index contributed by atoms with van der Waals surface area (Å²) in [4.78, 5) is 12.0. The van der Waals surface area contributed by atoms with Gasteiger partial charge in [-0.1, -0.05) is 6.92 Å². The van der Waals surface area contributed by atoms with Crippen LogP contribution in [0.15, 0.2) is 12.1 Å². The third-order valence-corrected chi connectivity index (χ3v) is 3.96. The number of hydrogen-bond donors (Lipinski definition) is 0. The molecule has 1 atom stereocenters. The normalized spacial score (nSPS) is 20.2. The fourth-order valence-electron chi connectivity index (χ4n) is 1.78. The standard InChI is InChI=1S/C12H13FO2S/c1-7-5-16-6-10-9(12(7)14)3-8(15-2)4-11(10)13/h3-4,7H,5-6H2,1-2H3. The third-order valence-electron chi connectivity index (χ3n) is 2.73. The van der Waals surface area contributed by atoms with E-state index in [1.807, 2.05) is 6.92 Å². The van der Waals surface area contributed by atoms with Crippen LogP contribution in [0.5, 0.6) is 5.75 Å². The molecule has 0 radical (unpaired) electrons. The molecule has 0 saturated heterocycles. The molecule has 86 valence electrons. The van der Waals surface area contributed by atoms with Gasteiger partial charge in [0.25, 0.3) is 0 Å². The lowest BCUT2D eigenvalue weighted by atomic mass is 9.96. The van der Waals surface area contributed by atoms with Gasteiger partial charge in [0.2, 0.25) is 0 Å². The maximum Gasteiger partial charge on any atom is 0.167 e. The minimum Gasteiger partial charge on any atom is -0.497 e. The molecule has 2 nitrogen and oxygen atoms in total. The van der Waals surface area contributed by atoms with E-state index in [1.165, 1.54) is 13.2 Å². The van der Waals surface area contributed by atoms with Gasteiger partial charge in [0.1, 0.15) is 11.6 Å². The first-order valence-electron chi connectivity index (χ1n) is 5.12. The summed E-state index contributed by atoms with van der Waals surface area (Å²) in [5.41, 5.74) is 0.995. The average molecular weight is 240 g/mol. The molecule has 2 rings (SSSR count). The zero-order chi connectivity index (χ0) is 11.7. The van der Waals surface area contributed by atoms with Crippen molar-refractivity contribution in [2.75, 3.05) is 12.9 Å². The van der Waals surface area contributed by atoms with Gasteiger partial charge in [0, 0.05) is 34.6 Å². The van der Waals surface area contributed by atoms with Crippen LogP contribution < -0.4 is 4.74 Å². The van der Waals surface area contributed by atoms with Gasteiger partial charge in [-0.05, 0) is 6.07 Å². The molecule has 0 fully saturated rings. The van der Waals surface area contributed by atoms with Crippen LogP contribution in [-0.4, -0.2) is 18.6 Å². The van der Waals surface area contributed by atoms with E-state index in [0.717, 1.165) is 5.75 Å². The van der Waals surface area contributed by atoms with Crippen molar-refractivity contribution < 1.29 is 13.9 Å². The summed E-state index contributed by atoms with van der Waals surface area (Å²) >= 11 is 1.60. The predicted octanol–water partition coefficient (Wildman–Crippen LogP) is 2.90. The number of methoxy groups -OCH3 is 1. The smallest absolute Gasteiger partial charge is 0.167 e. The van der Waals surface area contributed by atoms with Crippen LogP contribution in [-0.2, 0) is 5.75 Å². The Morgan fingerprint density at radius 3 is 2.94 bits per heavy atom. The fraction of sp³-hybridized carbons (Fsp3) is 0.417. The Hall–Kier alpha value is -1.03. The average Bonchev–Trinajstić information content (AvgIpc) is 2.41. The summed E-state index contributed by atoms with van der Waals surface area (Å²) in [5, 5.41) is 0. The highest BCUT2D eigenvalue weighted by Gasteiger charge is 2.25. The monoisotopic (exact) mass is 240 g/mol. The maximum atomic E-state index is 13.8. The molecule has 0 aliphatic carbocycles. The topological polar surface area (TPSA) is 26.3 Å². The van der Waals surface area contributed by atoms with Gasteiger partial charge in [-0.25, -0.2) is 4.39 Å². The molecule has 1 aliphatic rings. The van der Waals surface area contributed by atoms with Gasteiger partial charge in [0.15, 0.2) is 5.78 Å². The van der Waals surface area contributed by atoms with E-state index in [9.17, 15) is 9.18 Å². The second-order valence-corrected chi connectivity index (χ2v) is 4.95. The first-order chi connectivity index (χ1) is 7.63. The number of benzene rings is 1. The van der Waals surface area contributed by atoms with Gasteiger partial charge in [0.05, 0.1) is 7.11 Å². The first-order valence-corrected chi connectivity index (χ1v) is 6.27. The van der Waals surface area contributed by atoms with Crippen molar-refractivity contribution in [1.82, 2.24) is 0 Å². The lowest BCUT2D eigenvalue weighted by molar-refractivity contribution is 0.0941. The van der Waals surface area contributed by atoms with E-state index >= 15 is 0 Å². The Kier molecular flexibility index (Phi) is 3.19. The summed E-state index contributed by atoms with van der Waals surface area (Å²) < 4.78 is 18.7. The predicted molar refractivity (Wildman–Crippen MR) is 62.6 cm³/mol. The molecular formula is C12H13FO2S. The van der Waals surface area contributed by atoms with Crippen LogP contribution in [0.25, 0.3) is 0 Å². The Bertz CT molecular complexity index is 431. The second kappa shape index (κ2) is 4.45. The number of fused-ring (bicyclic) bond motifs is 1. The van der Waals surface area contributed by atoms with E-state index in [2.05, 4.69) is 0 Å². The molecule has 4 heteroatoms. The Labute approximate surface area is 98.2 Å². The SMILES string of the molecule is COc1cc(F)c2c(c1)C(=O)C(C)CSC2. The maximum absolute atomic E-state index is 13.8. The number of Topliss-reactive ketones (excluding diaryl/α,β-unsaturated/α-hetero) is 1. The van der Waals surface area contributed by atoms with Crippen LogP contribution in [0.3, 0.4) is 0 Å². The van der Waals surface area contributed by atoms with Crippen LogP contribution in [0.2, 0.25) is 0 Å². The summed E-state index contributed by atoms with van der Waals surface area (Å²) in [5.74, 6) is 1.32. The zero-order valence-corrected chi connectivity index (χ0v) is 10.1. The molecular weight excluding hydrogens is 227 g/mol. The summed E-state index contributed by atoms with van der Waals surface area (Å²) in [6, 6.07) is 2.98. The van der Waals surface area contributed by atoms with Crippen LogP contribution in [0.4, 0.5) is 4.39 Å². The zero-order valence-electron chi connectivity index (χ0n) is 9.25. The number of ether oxygens (including phenoxy) is 1. The molecule has 0 spiro atoms. The highest BCUT2D eigenvalue weighted by Crippen LogP contribution is 2.31. The first kappa shape index (κ1) is 11.5. The number of carbonyl (C=O) groups excluding carboxylic acids is 1. The number of hydrogen-bond acceptors (Lipinski definition) is 3. The lowest BCUT2D eigenvalue weighted by Crippen LogP contribution is -2.13. The van der Waals surface area contributed by atoms with Crippen molar-refractivity contribution in [2.45, 2.75) is 12.7 Å². The van der Waals surface area contributed by atoms with Crippen molar-refractivity contribution in [3.8, 4) is 5.75 Å². The highest BCUT2D eigenvalue weighted by molar-refractivity contribution is 7.98. The minimum absolute atomic E-state index is 0.0119. The van der Waals surface area contributed by atoms with Gasteiger partial charge >= 0.3 is 0 Å². The van der Waals surface area contributed by atoms with Crippen molar-refractivity contribution >= 4 is 17.5 Å². The lowest BCUT2D eigenvalue weighted by Gasteiger charge is -2.10. The number of rotatable bonds is 1. The Balaban J connectivity index is 2.56. The highest BCUT2D eigenvalue weighted by atomic mass is 32.2. The van der Waals surface area contributed by atoms with E-state index in [0.29, 0.717) is 22.6 Å². The molecule has 1 aromatic carbocycles. The minimum atomic E-state index is -0.343. The third kappa shape index (κ3) is 1.94. The summed E-state index contributed by atoms with van der Waals surface area (Å²) in [7, 11) is 1.47. The molecule has 0 aromatic heterocycles. The summed E-state index contributed by atoms with van der Waals surface area (Å²) in [6.07, 6.45) is 0. The number of halogens is 1. The van der Waals surface area contributed by atoms with Gasteiger partial charge < -0.3 is 4.74 Å². The van der Waals surface area contributed by atoms with Crippen molar-refractivity contribution in [3.63, 3.8) is 0 Å². The summed E-state index contributed by atoms with van der Waals surface area (Å²) in [6.45, 7) is 1.88. The molecule has 16 heavy (non-hydrogen) atoms. The fourth-order valence-corrected chi connectivity index (χ4v) is 2.90. The molecule has 0 bridgehead atoms. The molecule has 1 aliphatic heterocycles. The number of thioether (sulfide) groups is 1. The van der Waals surface area contributed by atoms with Crippen LogP contribution >= 0.6 is 11.8 Å². The molecule has 0 saturated carbocycles. The molecule has 1 aromatic rings. The van der Waals surface area contributed by atoms with Gasteiger partial charge in [-0.15, -0.1) is 0 Å².